The van der Waals surface area contributed by atoms with Gasteiger partial charge in [-0.3, -0.25) is 4.79 Å². The van der Waals surface area contributed by atoms with Crippen molar-refractivity contribution in [3.8, 4) is 5.75 Å². The zero-order chi connectivity index (χ0) is 18.1. The van der Waals surface area contributed by atoms with Crippen molar-refractivity contribution in [3.63, 3.8) is 0 Å². The number of aryl methyl sites for hydroxylation is 1. The molecular weight excluding hydrogens is 332 g/mol. The number of aromatic hydroxyl groups is 1. The number of nitrogens with one attached hydrogen (secondary N) is 1. The second-order valence-electron chi connectivity index (χ2n) is 5.65. The first-order valence-corrected chi connectivity index (χ1v) is 7.85. The second kappa shape index (κ2) is 6.25. The Bertz CT molecular complexity index is 1160. The van der Waals surface area contributed by atoms with Crippen LogP contribution >= 0.6 is 0 Å². The van der Waals surface area contributed by atoms with Crippen LogP contribution in [0.4, 0.5) is 5.69 Å². The van der Waals surface area contributed by atoms with Gasteiger partial charge in [-0.25, -0.2) is 10.1 Å². The monoisotopic (exact) mass is 346 g/mol. The minimum absolute atomic E-state index is 0.0357. The quantitative estimate of drug-likeness (QED) is 0.551. The number of aliphatic imine (C=N–C) groups is 1. The summed E-state index contributed by atoms with van der Waals surface area (Å²) in [5, 5.41) is 25.0. The van der Waals surface area contributed by atoms with Gasteiger partial charge in [0.15, 0.2) is 5.82 Å². The second-order valence-corrected chi connectivity index (χ2v) is 5.65. The van der Waals surface area contributed by atoms with Crippen LogP contribution in [0.1, 0.15) is 11.4 Å². The van der Waals surface area contributed by atoms with E-state index in [2.05, 4.69) is 25.6 Å². The molecule has 128 valence electrons. The molecule has 4 aromatic rings. The number of para-hydroxylation sites is 2. The lowest BCUT2D eigenvalue weighted by atomic mass is 10.1. The van der Waals surface area contributed by atoms with Crippen molar-refractivity contribution in [2.45, 2.75) is 0 Å². The van der Waals surface area contributed by atoms with Crippen molar-refractivity contribution in [1.82, 2.24) is 25.2 Å². The summed E-state index contributed by atoms with van der Waals surface area (Å²) in [6.45, 7) is 0. The summed E-state index contributed by atoms with van der Waals surface area (Å²) < 4.78 is 1.47. The van der Waals surface area contributed by atoms with Crippen LogP contribution in [0.2, 0.25) is 0 Å². The van der Waals surface area contributed by atoms with Gasteiger partial charge in [0.2, 0.25) is 0 Å². The van der Waals surface area contributed by atoms with Crippen LogP contribution in [0.3, 0.4) is 0 Å². The number of benzene rings is 2. The summed E-state index contributed by atoms with van der Waals surface area (Å²) in [6, 6.07) is 16.2. The molecule has 0 radical (unpaired) electrons. The lowest BCUT2D eigenvalue weighted by molar-refractivity contribution is 0.478. The zero-order valence-electron chi connectivity index (χ0n) is 13.8. The van der Waals surface area contributed by atoms with E-state index < -0.39 is 5.56 Å². The van der Waals surface area contributed by atoms with E-state index in [1.807, 2.05) is 18.2 Å². The van der Waals surface area contributed by atoms with Crippen LogP contribution in [-0.4, -0.2) is 36.0 Å². The zero-order valence-corrected chi connectivity index (χ0v) is 13.8. The number of fused-ring (bicyclic) bond motifs is 1. The van der Waals surface area contributed by atoms with Crippen LogP contribution in [-0.2, 0) is 7.05 Å². The maximum Gasteiger partial charge on any atom is 0.264 e. The first kappa shape index (κ1) is 15.7. The summed E-state index contributed by atoms with van der Waals surface area (Å²) in [4.78, 5) is 17.5. The summed E-state index contributed by atoms with van der Waals surface area (Å²) in [7, 11) is 1.65. The Kier molecular flexibility index (Phi) is 3.77. The van der Waals surface area contributed by atoms with Crippen LogP contribution in [0.5, 0.6) is 5.75 Å². The third-order valence-electron chi connectivity index (χ3n) is 4.08. The van der Waals surface area contributed by atoms with E-state index in [1.54, 1.807) is 43.4 Å². The van der Waals surface area contributed by atoms with Gasteiger partial charge in [-0.1, -0.05) is 30.3 Å². The van der Waals surface area contributed by atoms with Crippen molar-refractivity contribution < 1.29 is 5.11 Å². The number of aromatic amines is 1. The van der Waals surface area contributed by atoms with Crippen molar-refractivity contribution in [2.75, 3.05) is 0 Å². The maximum atomic E-state index is 13.0. The number of H-pyrrole nitrogens is 1. The number of hydrogen-bond donors (Lipinski definition) is 2. The minimum atomic E-state index is -0.396. The van der Waals surface area contributed by atoms with E-state index in [1.165, 1.54) is 4.57 Å². The standard InChI is InChI=1S/C18H14N6O2/c1-24-13-10-6-5-9-12(13)16(25)14(18(24)26)15(17-20-22-23-21-17)19-11-7-3-2-4-8-11/h2-10,25H,1H3,(H,20,21,22,23)/b19-15-. The van der Waals surface area contributed by atoms with Gasteiger partial charge in [-0.15, -0.1) is 5.10 Å². The average molecular weight is 346 g/mol. The van der Waals surface area contributed by atoms with Gasteiger partial charge in [0.1, 0.15) is 17.0 Å². The minimum Gasteiger partial charge on any atom is -0.506 e. The SMILES string of the molecule is Cn1c(=O)c(/C(=N/c2ccccc2)c2nnn[nH]2)c(O)c2ccccc21. The first-order valence-electron chi connectivity index (χ1n) is 7.85. The molecule has 2 aromatic heterocycles. The van der Waals surface area contributed by atoms with Crippen LogP contribution in [0.25, 0.3) is 10.9 Å². The van der Waals surface area contributed by atoms with Gasteiger partial charge in [-0.2, -0.15) is 0 Å². The number of aromatic nitrogens is 5. The summed E-state index contributed by atoms with van der Waals surface area (Å²) in [6.07, 6.45) is 0. The smallest absolute Gasteiger partial charge is 0.264 e. The Morgan fingerprint density at radius 3 is 2.58 bits per heavy atom. The molecule has 0 bridgehead atoms. The van der Waals surface area contributed by atoms with Crippen molar-refractivity contribution in [3.05, 3.63) is 76.3 Å². The third-order valence-corrected chi connectivity index (χ3v) is 4.08. The topological polar surface area (TPSA) is 109 Å². The normalized spacial score (nSPS) is 11.8. The Labute approximate surface area is 147 Å². The molecule has 0 fully saturated rings. The average Bonchev–Trinajstić information content (AvgIpc) is 3.21. The molecule has 0 atom stereocenters. The predicted octanol–water partition coefficient (Wildman–Crippen LogP) is 1.93. The van der Waals surface area contributed by atoms with Gasteiger partial charge >= 0.3 is 0 Å². The fourth-order valence-electron chi connectivity index (χ4n) is 2.81. The molecule has 0 aliphatic carbocycles. The number of rotatable bonds is 3. The fourth-order valence-corrected chi connectivity index (χ4v) is 2.81. The van der Waals surface area contributed by atoms with E-state index in [0.717, 1.165) is 0 Å². The number of nitrogens with zero attached hydrogens (tertiary/aromatic N) is 5. The van der Waals surface area contributed by atoms with Crippen molar-refractivity contribution in [1.29, 1.82) is 0 Å². The molecule has 0 aliphatic heterocycles. The molecule has 0 saturated carbocycles. The molecule has 26 heavy (non-hydrogen) atoms. The van der Waals surface area contributed by atoms with E-state index in [0.29, 0.717) is 16.6 Å². The highest BCUT2D eigenvalue weighted by atomic mass is 16.3. The Hall–Kier alpha value is -3.81. The summed E-state index contributed by atoms with van der Waals surface area (Å²) in [5.41, 5.74) is 1.04. The van der Waals surface area contributed by atoms with E-state index >= 15 is 0 Å². The predicted molar refractivity (Wildman–Crippen MR) is 96.8 cm³/mol. The molecule has 0 aliphatic rings. The lowest BCUT2D eigenvalue weighted by Crippen LogP contribution is -2.26. The number of tetrazole rings is 1. The number of hydrogen-bond acceptors (Lipinski definition) is 6. The highest BCUT2D eigenvalue weighted by Crippen LogP contribution is 2.28. The Morgan fingerprint density at radius 2 is 1.85 bits per heavy atom. The van der Waals surface area contributed by atoms with Crippen molar-refractivity contribution in [2.24, 2.45) is 12.0 Å². The molecular formula is C18H14N6O2. The third kappa shape index (κ3) is 2.53. The van der Waals surface area contributed by atoms with Crippen LogP contribution < -0.4 is 5.56 Å². The van der Waals surface area contributed by atoms with Gasteiger partial charge in [0, 0.05) is 12.4 Å². The van der Waals surface area contributed by atoms with Gasteiger partial charge in [0.25, 0.3) is 5.56 Å². The van der Waals surface area contributed by atoms with Gasteiger partial charge < -0.3 is 9.67 Å². The maximum absolute atomic E-state index is 13.0. The van der Waals surface area contributed by atoms with E-state index in [4.69, 9.17) is 0 Å². The lowest BCUT2D eigenvalue weighted by Gasteiger charge is -2.12. The van der Waals surface area contributed by atoms with Crippen molar-refractivity contribution >= 4 is 22.3 Å². The largest absolute Gasteiger partial charge is 0.506 e. The summed E-state index contributed by atoms with van der Waals surface area (Å²) in [5.74, 6) is 0.0336. The molecule has 2 N–H and O–H groups in total. The van der Waals surface area contributed by atoms with Gasteiger partial charge in [-0.05, 0) is 34.7 Å². The first-order chi connectivity index (χ1) is 12.7. The molecule has 0 saturated heterocycles. The van der Waals surface area contributed by atoms with Gasteiger partial charge in [0.05, 0.1) is 11.2 Å². The van der Waals surface area contributed by atoms with E-state index in [-0.39, 0.29) is 22.8 Å². The molecule has 0 amide bonds. The molecule has 0 spiro atoms. The highest BCUT2D eigenvalue weighted by molar-refractivity contribution is 6.15. The van der Waals surface area contributed by atoms with Crippen LogP contribution in [0.15, 0.2) is 64.4 Å². The molecule has 0 unspecified atom stereocenters. The van der Waals surface area contributed by atoms with Crippen LogP contribution in [0, 0.1) is 0 Å². The Morgan fingerprint density at radius 1 is 1.12 bits per heavy atom. The molecule has 2 heterocycles. The molecule has 2 aromatic carbocycles. The number of pyridine rings is 1. The molecule has 8 nitrogen and oxygen atoms in total. The highest BCUT2D eigenvalue weighted by Gasteiger charge is 2.23. The Balaban J connectivity index is 2.07. The molecule has 8 heteroatoms. The fraction of sp³-hybridized carbons (Fsp3) is 0.0556. The molecule has 4 rings (SSSR count). The summed E-state index contributed by atoms with van der Waals surface area (Å²) >= 11 is 0. The van der Waals surface area contributed by atoms with E-state index in [9.17, 15) is 9.90 Å².